The first kappa shape index (κ1) is 17.7. The maximum Gasteiger partial charge on any atom is 0.0918 e. The molecule has 8 heteroatoms. The average Bonchev–Trinajstić information content (AvgIpc) is 2.37. The van der Waals surface area contributed by atoms with Gasteiger partial charge in [0.15, 0.2) is 0 Å². The maximum absolute atomic E-state index is 6.35. The molecule has 0 aliphatic carbocycles. The summed E-state index contributed by atoms with van der Waals surface area (Å²) in [7, 11) is 0. The quantitative estimate of drug-likeness (QED) is 0.242. The van der Waals surface area contributed by atoms with Crippen LogP contribution in [-0.2, 0) is 0 Å². The van der Waals surface area contributed by atoms with Crippen LogP contribution in [0.1, 0.15) is 6.92 Å². The van der Waals surface area contributed by atoms with Crippen LogP contribution in [0.4, 0.5) is 0 Å². The van der Waals surface area contributed by atoms with Gasteiger partial charge in [-0.2, -0.15) is 0 Å². The summed E-state index contributed by atoms with van der Waals surface area (Å²) >= 11 is 0. The number of hydrogen-bond acceptors (Lipinski definition) is 8. The predicted molar refractivity (Wildman–Crippen MR) is 83.2 cm³/mol. The lowest BCUT2D eigenvalue weighted by Gasteiger charge is -2.32. The van der Waals surface area contributed by atoms with E-state index in [2.05, 4.69) is 33.5 Å². The first-order chi connectivity index (χ1) is 9.47. The van der Waals surface area contributed by atoms with Gasteiger partial charge in [-0.1, -0.05) is 6.92 Å². The van der Waals surface area contributed by atoms with E-state index in [1.165, 1.54) is 0 Å². The molecule has 1 saturated heterocycles. The molecule has 0 spiro atoms. The molecular formula is C12H32N8. The second-order valence-corrected chi connectivity index (χ2v) is 5.63. The molecule has 0 atom stereocenters. The lowest BCUT2D eigenvalue weighted by molar-refractivity contribution is 0.301. The monoisotopic (exact) mass is 288 g/mol. The van der Waals surface area contributed by atoms with Crippen LogP contribution in [0.15, 0.2) is 0 Å². The number of nitrogens with one attached hydrogen (secondary N) is 5. The largest absolute Gasteiger partial charge is 0.312 e. The van der Waals surface area contributed by atoms with Crippen LogP contribution in [0.3, 0.4) is 0 Å². The molecule has 0 radical (unpaired) electrons. The zero-order valence-electron chi connectivity index (χ0n) is 12.6. The minimum Gasteiger partial charge on any atom is -0.312 e. The van der Waals surface area contributed by atoms with E-state index >= 15 is 0 Å². The molecule has 1 aliphatic rings. The summed E-state index contributed by atoms with van der Waals surface area (Å²) in [5.74, 6) is 0. The van der Waals surface area contributed by atoms with Gasteiger partial charge in [-0.25, -0.2) is 0 Å². The van der Waals surface area contributed by atoms with E-state index in [0.29, 0.717) is 26.2 Å². The van der Waals surface area contributed by atoms with Crippen molar-refractivity contribution in [3.63, 3.8) is 0 Å². The van der Waals surface area contributed by atoms with E-state index in [9.17, 15) is 0 Å². The fourth-order valence-corrected chi connectivity index (χ4v) is 2.22. The van der Waals surface area contributed by atoms with Gasteiger partial charge in [0.05, 0.1) is 11.3 Å². The molecule has 8 nitrogen and oxygen atoms in total. The molecular weight excluding hydrogens is 256 g/mol. The molecule has 0 aromatic heterocycles. The molecule has 0 unspecified atom stereocenters. The SMILES string of the molecule is CCNC1(N)CNCCNCC(N)(N)CNCCNC1. The van der Waals surface area contributed by atoms with Crippen molar-refractivity contribution in [2.24, 2.45) is 17.2 Å². The van der Waals surface area contributed by atoms with E-state index in [-0.39, 0.29) is 0 Å². The molecule has 1 aliphatic heterocycles. The van der Waals surface area contributed by atoms with Crippen molar-refractivity contribution in [3.05, 3.63) is 0 Å². The summed E-state index contributed by atoms with van der Waals surface area (Å²) in [4.78, 5) is 0. The molecule has 1 heterocycles. The minimum atomic E-state index is -0.717. The molecule has 1 fully saturated rings. The fourth-order valence-electron chi connectivity index (χ4n) is 2.22. The van der Waals surface area contributed by atoms with Gasteiger partial charge in [0.2, 0.25) is 0 Å². The molecule has 11 N–H and O–H groups in total. The van der Waals surface area contributed by atoms with Gasteiger partial charge in [0.25, 0.3) is 0 Å². The third-order valence-corrected chi connectivity index (χ3v) is 3.28. The standard InChI is InChI=1S/C12H32N8/c1-2-20-12(15)9-18-5-3-16-7-11(13,14)8-17-4-6-19-10-12/h16-20H,2-10,13-15H2,1H3. The Hall–Kier alpha value is -0.320. The van der Waals surface area contributed by atoms with Crippen LogP contribution in [0.25, 0.3) is 0 Å². The highest BCUT2D eigenvalue weighted by Gasteiger charge is 2.23. The Labute approximate surface area is 122 Å². The van der Waals surface area contributed by atoms with Crippen molar-refractivity contribution in [3.8, 4) is 0 Å². The summed E-state index contributed by atoms with van der Waals surface area (Å²) in [6.07, 6.45) is 0. The number of hydrogen-bond donors (Lipinski definition) is 8. The normalized spacial score (nSPS) is 25.8. The second-order valence-electron chi connectivity index (χ2n) is 5.63. The molecule has 120 valence electrons. The van der Waals surface area contributed by atoms with Gasteiger partial charge in [-0.15, -0.1) is 0 Å². The van der Waals surface area contributed by atoms with E-state index < -0.39 is 11.3 Å². The van der Waals surface area contributed by atoms with E-state index in [0.717, 1.165) is 32.7 Å². The van der Waals surface area contributed by atoms with Crippen LogP contribution in [0.5, 0.6) is 0 Å². The Morgan fingerprint density at radius 3 is 1.60 bits per heavy atom. The van der Waals surface area contributed by atoms with Gasteiger partial charge >= 0.3 is 0 Å². The Bertz CT molecular complexity index is 240. The van der Waals surface area contributed by atoms with Gasteiger partial charge in [-0.05, 0) is 6.54 Å². The van der Waals surface area contributed by atoms with Crippen LogP contribution in [0, 0.1) is 0 Å². The predicted octanol–water partition coefficient (Wildman–Crippen LogP) is -3.76. The summed E-state index contributed by atoms with van der Waals surface area (Å²) in [5, 5.41) is 16.6. The average molecular weight is 288 g/mol. The van der Waals surface area contributed by atoms with Gasteiger partial charge < -0.3 is 38.5 Å². The number of likely N-dealkylation sites (N-methyl/N-ethyl adjacent to an activating group) is 1. The molecule has 20 heavy (non-hydrogen) atoms. The Kier molecular flexibility index (Phi) is 7.85. The van der Waals surface area contributed by atoms with Crippen molar-refractivity contribution in [1.82, 2.24) is 26.6 Å². The zero-order valence-corrected chi connectivity index (χ0v) is 12.6. The molecule has 0 saturated carbocycles. The number of nitrogens with two attached hydrogens (primary N) is 3. The highest BCUT2D eigenvalue weighted by Crippen LogP contribution is 1.92. The van der Waals surface area contributed by atoms with E-state index in [1.807, 2.05) is 0 Å². The lowest BCUT2D eigenvalue weighted by Crippen LogP contribution is -2.66. The van der Waals surface area contributed by atoms with Crippen LogP contribution >= 0.6 is 0 Å². The Balaban J connectivity index is 2.44. The zero-order chi connectivity index (χ0) is 14.9. The summed E-state index contributed by atoms with van der Waals surface area (Å²) in [6.45, 7) is 8.76. The van der Waals surface area contributed by atoms with E-state index in [1.54, 1.807) is 0 Å². The molecule has 0 amide bonds. The summed E-state index contributed by atoms with van der Waals surface area (Å²) < 4.78 is 0. The maximum atomic E-state index is 6.35. The van der Waals surface area contributed by atoms with Crippen molar-refractivity contribution in [2.75, 3.05) is 58.9 Å². The Morgan fingerprint density at radius 2 is 1.20 bits per heavy atom. The summed E-state index contributed by atoms with van der Waals surface area (Å²) in [5.41, 5.74) is 17.2. The van der Waals surface area contributed by atoms with Crippen LogP contribution < -0.4 is 43.8 Å². The topological polar surface area (TPSA) is 138 Å². The number of rotatable bonds is 2. The smallest absolute Gasteiger partial charge is 0.0918 e. The molecule has 1 rings (SSSR count). The minimum absolute atomic E-state index is 0.426. The third-order valence-electron chi connectivity index (χ3n) is 3.28. The highest BCUT2D eigenvalue weighted by molar-refractivity contribution is 4.87. The second kappa shape index (κ2) is 8.85. The fraction of sp³-hybridized carbons (Fsp3) is 1.00. The van der Waals surface area contributed by atoms with Crippen molar-refractivity contribution < 1.29 is 0 Å². The molecule has 0 bridgehead atoms. The van der Waals surface area contributed by atoms with E-state index in [4.69, 9.17) is 17.2 Å². The molecule has 0 aromatic rings. The van der Waals surface area contributed by atoms with Crippen molar-refractivity contribution in [1.29, 1.82) is 0 Å². The van der Waals surface area contributed by atoms with Gasteiger partial charge in [0.1, 0.15) is 0 Å². The van der Waals surface area contributed by atoms with Crippen LogP contribution in [-0.4, -0.2) is 70.2 Å². The van der Waals surface area contributed by atoms with Crippen molar-refractivity contribution in [2.45, 2.75) is 18.2 Å². The highest BCUT2D eigenvalue weighted by atomic mass is 15.2. The van der Waals surface area contributed by atoms with Gasteiger partial charge in [-0.3, -0.25) is 5.32 Å². The molecule has 0 aromatic carbocycles. The lowest BCUT2D eigenvalue weighted by atomic mass is 10.1. The van der Waals surface area contributed by atoms with Gasteiger partial charge in [0, 0.05) is 52.4 Å². The third kappa shape index (κ3) is 7.46. The Morgan fingerprint density at radius 1 is 0.800 bits per heavy atom. The van der Waals surface area contributed by atoms with Crippen molar-refractivity contribution >= 4 is 0 Å². The first-order valence-corrected chi connectivity index (χ1v) is 7.42. The summed E-state index contributed by atoms with van der Waals surface area (Å²) in [6, 6.07) is 0. The van der Waals surface area contributed by atoms with Crippen LogP contribution in [0.2, 0.25) is 0 Å². The first-order valence-electron chi connectivity index (χ1n) is 7.42.